The minimum atomic E-state index is -1.03. The monoisotopic (exact) mass is 423 g/mol. The third kappa shape index (κ3) is 3.90. The van der Waals surface area contributed by atoms with E-state index in [9.17, 15) is 19.3 Å². The van der Waals surface area contributed by atoms with Crippen molar-refractivity contribution in [2.24, 2.45) is 5.92 Å². The van der Waals surface area contributed by atoms with Gasteiger partial charge < -0.3 is 10.0 Å². The van der Waals surface area contributed by atoms with Gasteiger partial charge in [0.1, 0.15) is 23.7 Å². The molecular weight excluding hydrogens is 405 g/mol. The SMILES string of the molecule is CC(C#Cc1ccc(F)cc1C1CCCN1c1ccn2ncc([N+](=O)[O-])c2n1)C(=O)O. The molecule has 0 bridgehead atoms. The predicted molar refractivity (Wildman–Crippen MR) is 109 cm³/mol. The maximum absolute atomic E-state index is 14.1. The number of nitro groups is 1. The number of hydrogen-bond donors (Lipinski definition) is 1. The summed E-state index contributed by atoms with van der Waals surface area (Å²) in [5.41, 5.74) is 1.11. The summed E-state index contributed by atoms with van der Waals surface area (Å²) < 4.78 is 15.4. The molecule has 31 heavy (non-hydrogen) atoms. The Balaban J connectivity index is 1.75. The average molecular weight is 423 g/mol. The number of hydrogen-bond acceptors (Lipinski definition) is 6. The number of rotatable bonds is 4. The highest BCUT2D eigenvalue weighted by Crippen LogP contribution is 2.37. The minimum Gasteiger partial charge on any atom is -0.480 e. The van der Waals surface area contributed by atoms with Crippen molar-refractivity contribution in [3.8, 4) is 11.8 Å². The van der Waals surface area contributed by atoms with Crippen molar-refractivity contribution in [1.82, 2.24) is 14.6 Å². The average Bonchev–Trinajstić information content (AvgIpc) is 3.39. The summed E-state index contributed by atoms with van der Waals surface area (Å²) in [6.07, 6.45) is 4.27. The van der Waals surface area contributed by atoms with Crippen LogP contribution in [0.3, 0.4) is 0 Å². The van der Waals surface area contributed by atoms with Crippen molar-refractivity contribution in [2.75, 3.05) is 11.4 Å². The number of nitrogens with zero attached hydrogens (tertiary/aromatic N) is 5. The molecule has 2 unspecified atom stereocenters. The Kier molecular flexibility index (Phi) is 5.25. The van der Waals surface area contributed by atoms with Crippen LogP contribution in [-0.2, 0) is 4.79 Å². The molecule has 0 radical (unpaired) electrons. The van der Waals surface area contributed by atoms with Gasteiger partial charge >= 0.3 is 11.7 Å². The van der Waals surface area contributed by atoms with Crippen LogP contribution in [0.15, 0.2) is 36.7 Å². The first-order valence-corrected chi connectivity index (χ1v) is 9.64. The molecular formula is C21H18FN5O4. The molecule has 9 nitrogen and oxygen atoms in total. The largest absolute Gasteiger partial charge is 0.480 e. The fraction of sp³-hybridized carbons (Fsp3) is 0.286. The van der Waals surface area contributed by atoms with Crippen LogP contribution in [0, 0.1) is 33.7 Å². The quantitative estimate of drug-likeness (QED) is 0.389. The topological polar surface area (TPSA) is 114 Å². The van der Waals surface area contributed by atoms with E-state index in [0.29, 0.717) is 29.9 Å². The zero-order chi connectivity index (χ0) is 22.1. The van der Waals surface area contributed by atoms with Crippen LogP contribution >= 0.6 is 0 Å². The van der Waals surface area contributed by atoms with Gasteiger partial charge in [0.05, 0.1) is 11.0 Å². The summed E-state index contributed by atoms with van der Waals surface area (Å²) in [7, 11) is 0. The molecule has 1 N–H and O–H groups in total. The van der Waals surface area contributed by atoms with E-state index in [1.165, 1.54) is 23.6 Å². The zero-order valence-corrected chi connectivity index (χ0v) is 16.5. The molecule has 0 spiro atoms. The Morgan fingerprint density at radius 1 is 1.42 bits per heavy atom. The second-order valence-electron chi connectivity index (χ2n) is 7.25. The Hall–Kier alpha value is -4.00. The van der Waals surface area contributed by atoms with Gasteiger partial charge in [0.2, 0.25) is 5.65 Å². The van der Waals surface area contributed by atoms with Crippen molar-refractivity contribution >= 4 is 23.1 Å². The van der Waals surface area contributed by atoms with Crippen LogP contribution in [-0.4, -0.2) is 37.1 Å². The van der Waals surface area contributed by atoms with Crippen LogP contribution in [0.25, 0.3) is 5.65 Å². The fourth-order valence-electron chi connectivity index (χ4n) is 3.67. The number of benzene rings is 1. The maximum Gasteiger partial charge on any atom is 0.333 e. The summed E-state index contributed by atoms with van der Waals surface area (Å²) in [5.74, 6) is 3.76. The number of carbonyl (C=O) groups is 1. The van der Waals surface area contributed by atoms with E-state index < -0.39 is 22.6 Å². The molecule has 1 aliphatic rings. The number of fused-ring (bicyclic) bond motifs is 1. The van der Waals surface area contributed by atoms with E-state index in [0.717, 1.165) is 12.6 Å². The summed E-state index contributed by atoms with van der Waals surface area (Å²) in [5, 5.41) is 24.3. The zero-order valence-electron chi connectivity index (χ0n) is 16.5. The second kappa shape index (κ2) is 8.02. The number of aromatic nitrogens is 3. The first kappa shape index (κ1) is 20.3. The van der Waals surface area contributed by atoms with Crippen molar-refractivity contribution in [3.63, 3.8) is 0 Å². The smallest absolute Gasteiger partial charge is 0.333 e. The van der Waals surface area contributed by atoms with Crippen molar-refractivity contribution in [2.45, 2.75) is 25.8 Å². The molecule has 2 atom stereocenters. The Morgan fingerprint density at radius 3 is 2.97 bits per heavy atom. The van der Waals surface area contributed by atoms with Gasteiger partial charge in [-0.3, -0.25) is 14.9 Å². The highest BCUT2D eigenvalue weighted by Gasteiger charge is 2.30. The van der Waals surface area contributed by atoms with Crippen molar-refractivity contribution in [1.29, 1.82) is 0 Å². The Labute approximate surface area is 176 Å². The highest BCUT2D eigenvalue weighted by atomic mass is 19.1. The van der Waals surface area contributed by atoms with Gasteiger partial charge in [-0.2, -0.15) is 5.10 Å². The van der Waals surface area contributed by atoms with Crippen molar-refractivity contribution in [3.05, 3.63) is 63.7 Å². The molecule has 1 saturated heterocycles. The number of halogens is 1. The van der Waals surface area contributed by atoms with E-state index in [-0.39, 0.29) is 17.4 Å². The van der Waals surface area contributed by atoms with Gasteiger partial charge in [-0.1, -0.05) is 11.8 Å². The lowest BCUT2D eigenvalue weighted by molar-refractivity contribution is -0.383. The lowest BCUT2D eigenvalue weighted by Crippen LogP contribution is -2.24. The molecule has 3 heterocycles. The third-order valence-corrected chi connectivity index (χ3v) is 5.25. The van der Waals surface area contributed by atoms with Crippen LogP contribution in [0.1, 0.15) is 36.9 Å². The van der Waals surface area contributed by atoms with Gasteiger partial charge in [0.15, 0.2) is 0 Å². The molecule has 1 aliphatic heterocycles. The first-order chi connectivity index (χ1) is 14.8. The lowest BCUT2D eigenvalue weighted by Gasteiger charge is -2.27. The van der Waals surface area contributed by atoms with E-state index in [2.05, 4.69) is 21.9 Å². The summed E-state index contributed by atoms with van der Waals surface area (Å²) in [6, 6.07) is 5.69. The molecule has 10 heteroatoms. The molecule has 3 aromatic rings. The van der Waals surface area contributed by atoms with Gasteiger partial charge in [-0.25, -0.2) is 13.9 Å². The van der Waals surface area contributed by atoms with Crippen molar-refractivity contribution < 1.29 is 19.2 Å². The number of aliphatic carboxylic acids is 1. The molecule has 2 aromatic heterocycles. The molecule has 4 rings (SSSR count). The standard InChI is InChI=1S/C21H18FN5O4/c1-13(21(28)29)4-5-14-6-7-15(22)11-16(14)17-3-2-9-25(17)19-8-10-26-20(24-19)18(12-23-26)27(30)31/h6-8,10-13,17H,2-3,9H2,1H3,(H,28,29). The van der Waals surface area contributed by atoms with Gasteiger partial charge in [0, 0.05) is 18.3 Å². The normalized spacial score (nSPS) is 16.7. The first-order valence-electron chi connectivity index (χ1n) is 9.64. The number of carboxylic acid groups (broad SMARTS) is 1. The predicted octanol–water partition coefficient (Wildman–Crippen LogP) is 3.19. The lowest BCUT2D eigenvalue weighted by atomic mass is 9.97. The summed E-state index contributed by atoms with van der Waals surface area (Å²) >= 11 is 0. The fourth-order valence-corrected chi connectivity index (χ4v) is 3.67. The minimum absolute atomic E-state index is 0.127. The van der Waals surface area contributed by atoms with Crippen LogP contribution in [0.4, 0.5) is 15.9 Å². The summed E-state index contributed by atoms with van der Waals surface area (Å²) in [4.78, 5) is 28.2. The molecule has 0 amide bonds. The second-order valence-corrected chi connectivity index (χ2v) is 7.25. The number of anilines is 1. The van der Waals surface area contributed by atoms with Gasteiger partial charge in [-0.05, 0) is 49.6 Å². The molecule has 1 fully saturated rings. The Morgan fingerprint density at radius 2 is 2.23 bits per heavy atom. The van der Waals surface area contributed by atoms with Crippen LogP contribution in [0.5, 0.6) is 0 Å². The molecule has 1 aromatic carbocycles. The van der Waals surface area contributed by atoms with E-state index in [4.69, 9.17) is 5.11 Å². The number of carboxylic acids is 1. The third-order valence-electron chi connectivity index (χ3n) is 5.25. The molecule has 158 valence electrons. The van der Waals surface area contributed by atoms with Gasteiger partial charge in [-0.15, -0.1) is 0 Å². The Bertz CT molecular complexity index is 1250. The van der Waals surface area contributed by atoms with Crippen LogP contribution in [0.2, 0.25) is 0 Å². The van der Waals surface area contributed by atoms with E-state index >= 15 is 0 Å². The molecule has 0 aliphatic carbocycles. The van der Waals surface area contributed by atoms with Gasteiger partial charge in [0.25, 0.3) is 0 Å². The highest BCUT2D eigenvalue weighted by molar-refractivity contribution is 5.73. The van der Waals surface area contributed by atoms with E-state index in [1.54, 1.807) is 18.3 Å². The maximum atomic E-state index is 14.1. The van der Waals surface area contributed by atoms with E-state index in [1.807, 2.05) is 4.90 Å². The van der Waals surface area contributed by atoms with Crippen LogP contribution < -0.4 is 4.90 Å². The molecule has 0 saturated carbocycles. The summed E-state index contributed by atoms with van der Waals surface area (Å²) in [6.45, 7) is 2.11.